The molecule has 0 aliphatic carbocycles. The number of carbonyl (C=O) groups is 1. The molecule has 5 nitrogen and oxygen atoms in total. The van der Waals surface area contributed by atoms with Gasteiger partial charge >= 0.3 is 5.97 Å². The molecule has 127 valence electrons. The Morgan fingerprint density at radius 1 is 0.909 bits per heavy atom. The van der Waals surface area contributed by atoms with Crippen LogP contribution in [0.1, 0.15) is 77.6 Å². The molecule has 1 N–H and O–H groups in total. The minimum absolute atomic E-state index is 0. The monoisotopic (exact) mass is 345 g/mol. The zero-order valence-corrected chi connectivity index (χ0v) is 17.0. The predicted molar refractivity (Wildman–Crippen MR) is 89.6 cm³/mol. The summed E-state index contributed by atoms with van der Waals surface area (Å²) >= 11 is 0. The molecule has 0 aliphatic rings. The second kappa shape index (κ2) is 16.2. The molecule has 0 fully saturated rings. The molecular weight excluding hydrogens is 315 g/mol. The number of rotatable bonds is 14. The standard InChI is InChI=1S/C15H30O5S.Na/c1-2-3-4-5-6-7-8-9-10-11-13-20-15(16)12-14-21(17,18)19;/h2-14H2,1H3,(H,17,18,19);. The van der Waals surface area contributed by atoms with E-state index in [0.29, 0.717) is 6.61 Å². The fraction of sp³-hybridized carbons (Fsp3) is 0.933. The van der Waals surface area contributed by atoms with Crippen LogP contribution in [0.5, 0.6) is 0 Å². The van der Waals surface area contributed by atoms with Crippen molar-refractivity contribution in [2.24, 2.45) is 0 Å². The van der Waals surface area contributed by atoms with E-state index in [0.717, 1.165) is 19.3 Å². The molecule has 0 bridgehead atoms. The summed E-state index contributed by atoms with van der Waals surface area (Å²) in [6, 6.07) is 0. The Morgan fingerprint density at radius 2 is 1.36 bits per heavy atom. The van der Waals surface area contributed by atoms with Gasteiger partial charge in [-0.3, -0.25) is 9.35 Å². The van der Waals surface area contributed by atoms with Gasteiger partial charge in [-0.1, -0.05) is 64.7 Å². The topological polar surface area (TPSA) is 80.7 Å². The summed E-state index contributed by atoms with van der Waals surface area (Å²) in [5.74, 6) is -1.13. The second-order valence-corrected chi connectivity index (χ2v) is 7.01. The van der Waals surface area contributed by atoms with Crippen molar-refractivity contribution < 1.29 is 22.5 Å². The van der Waals surface area contributed by atoms with Gasteiger partial charge in [0.15, 0.2) is 0 Å². The van der Waals surface area contributed by atoms with E-state index in [2.05, 4.69) is 6.92 Å². The van der Waals surface area contributed by atoms with E-state index in [4.69, 9.17) is 9.29 Å². The molecule has 0 aliphatic heterocycles. The van der Waals surface area contributed by atoms with E-state index in [1.165, 1.54) is 44.9 Å². The Balaban J connectivity index is 0. The number of hydrogen-bond donors (Lipinski definition) is 1. The molecule has 0 aromatic carbocycles. The Kier molecular flexibility index (Phi) is 18.2. The van der Waals surface area contributed by atoms with E-state index in [1.54, 1.807) is 0 Å². The summed E-state index contributed by atoms with van der Waals surface area (Å²) in [5, 5.41) is 0. The quantitative estimate of drug-likeness (QED) is 0.226. The van der Waals surface area contributed by atoms with Gasteiger partial charge < -0.3 is 4.74 Å². The summed E-state index contributed by atoms with van der Waals surface area (Å²) in [6.45, 7) is 2.55. The van der Waals surface area contributed by atoms with Crippen LogP contribution in [0.15, 0.2) is 0 Å². The molecule has 0 atom stereocenters. The normalized spacial score (nSPS) is 11.0. The van der Waals surface area contributed by atoms with Crippen LogP contribution in [0, 0.1) is 0 Å². The fourth-order valence-corrected chi connectivity index (χ4v) is 2.48. The minimum atomic E-state index is -4.07. The largest absolute Gasteiger partial charge is 0.466 e. The predicted octanol–water partition coefficient (Wildman–Crippen LogP) is 3.35. The summed E-state index contributed by atoms with van der Waals surface area (Å²) in [6.07, 6.45) is 11.8. The van der Waals surface area contributed by atoms with Crippen molar-refractivity contribution in [2.45, 2.75) is 77.6 Å². The molecule has 0 aromatic heterocycles. The van der Waals surface area contributed by atoms with E-state index in [9.17, 15) is 13.2 Å². The number of carbonyl (C=O) groups excluding carboxylic acids is 1. The zero-order valence-electron chi connectivity index (χ0n) is 14.2. The molecular formula is C15H30NaO5S. The molecule has 0 saturated carbocycles. The van der Waals surface area contributed by atoms with Crippen molar-refractivity contribution in [3.05, 3.63) is 0 Å². The van der Waals surface area contributed by atoms with Gasteiger partial charge in [0.05, 0.1) is 18.8 Å². The maximum Gasteiger partial charge on any atom is 0.306 e. The third-order valence-corrected chi connectivity index (χ3v) is 4.05. The second-order valence-electron chi connectivity index (χ2n) is 5.44. The summed E-state index contributed by atoms with van der Waals surface area (Å²) in [4.78, 5) is 11.2. The summed E-state index contributed by atoms with van der Waals surface area (Å²) in [5.41, 5.74) is 0. The molecule has 0 saturated heterocycles. The minimum Gasteiger partial charge on any atom is -0.466 e. The van der Waals surface area contributed by atoms with Crippen LogP contribution in [-0.4, -0.2) is 60.9 Å². The van der Waals surface area contributed by atoms with E-state index >= 15 is 0 Å². The first-order valence-corrected chi connectivity index (χ1v) is 9.67. The van der Waals surface area contributed by atoms with Gasteiger partial charge in [-0.2, -0.15) is 8.42 Å². The van der Waals surface area contributed by atoms with Crippen molar-refractivity contribution in [1.82, 2.24) is 0 Å². The summed E-state index contributed by atoms with van der Waals surface area (Å²) < 4.78 is 34.3. The molecule has 7 heteroatoms. The van der Waals surface area contributed by atoms with Crippen LogP contribution in [0.4, 0.5) is 0 Å². The van der Waals surface area contributed by atoms with Gasteiger partial charge in [0.1, 0.15) is 0 Å². The molecule has 0 rings (SSSR count). The third-order valence-electron chi connectivity index (χ3n) is 3.33. The molecule has 22 heavy (non-hydrogen) atoms. The smallest absolute Gasteiger partial charge is 0.306 e. The van der Waals surface area contributed by atoms with Crippen LogP contribution >= 0.6 is 0 Å². The van der Waals surface area contributed by atoms with Gasteiger partial charge in [0.2, 0.25) is 0 Å². The van der Waals surface area contributed by atoms with Crippen LogP contribution < -0.4 is 0 Å². The first-order chi connectivity index (χ1) is 9.95. The Labute approximate surface area is 157 Å². The van der Waals surface area contributed by atoms with E-state index in [-0.39, 0.29) is 36.0 Å². The number of ether oxygens (including phenoxy) is 1. The molecule has 0 unspecified atom stereocenters. The Hall–Kier alpha value is 0.380. The Morgan fingerprint density at radius 3 is 1.82 bits per heavy atom. The zero-order chi connectivity index (χ0) is 16.0. The van der Waals surface area contributed by atoms with Crippen LogP contribution in [-0.2, 0) is 19.6 Å². The molecule has 0 amide bonds. The average molecular weight is 345 g/mol. The van der Waals surface area contributed by atoms with Gasteiger partial charge in [-0.15, -0.1) is 0 Å². The molecule has 0 aromatic rings. The fourth-order valence-electron chi connectivity index (χ4n) is 2.06. The van der Waals surface area contributed by atoms with Crippen molar-refractivity contribution >= 4 is 45.6 Å². The van der Waals surface area contributed by atoms with Crippen LogP contribution in [0.25, 0.3) is 0 Å². The maximum absolute atomic E-state index is 11.2. The van der Waals surface area contributed by atoms with Crippen molar-refractivity contribution in [1.29, 1.82) is 0 Å². The SMILES string of the molecule is CCCCCCCCCCCCOC(=O)CCS(=O)(=O)O.[Na]. The molecule has 0 heterocycles. The van der Waals surface area contributed by atoms with Crippen LogP contribution in [0.3, 0.4) is 0 Å². The van der Waals surface area contributed by atoms with Gasteiger partial charge in [-0.25, -0.2) is 0 Å². The van der Waals surface area contributed by atoms with Gasteiger partial charge in [0, 0.05) is 29.6 Å². The van der Waals surface area contributed by atoms with E-state index < -0.39 is 21.8 Å². The van der Waals surface area contributed by atoms with Crippen LogP contribution in [0.2, 0.25) is 0 Å². The summed E-state index contributed by atoms with van der Waals surface area (Å²) in [7, 11) is -4.07. The number of esters is 1. The first-order valence-electron chi connectivity index (χ1n) is 8.06. The first kappa shape index (κ1) is 24.6. The molecule has 1 radical (unpaired) electrons. The van der Waals surface area contributed by atoms with Crippen molar-refractivity contribution in [3.8, 4) is 0 Å². The van der Waals surface area contributed by atoms with E-state index in [1.807, 2.05) is 0 Å². The van der Waals surface area contributed by atoms with Crippen molar-refractivity contribution in [3.63, 3.8) is 0 Å². The average Bonchev–Trinajstić information content (AvgIpc) is 2.42. The van der Waals surface area contributed by atoms with Crippen molar-refractivity contribution in [2.75, 3.05) is 12.4 Å². The number of unbranched alkanes of at least 4 members (excludes halogenated alkanes) is 9. The van der Waals surface area contributed by atoms with Gasteiger partial charge in [0.25, 0.3) is 10.1 Å². The maximum atomic E-state index is 11.2. The third kappa shape index (κ3) is 20.4. The Bertz CT molecular complexity index is 357. The molecule has 0 spiro atoms. The van der Waals surface area contributed by atoms with Gasteiger partial charge in [-0.05, 0) is 6.42 Å². The number of hydrogen-bond acceptors (Lipinski definition) is 4.